The Balaban J connectivity index is 1.75. The molecule has 1 heterocycles. The molecule has 2 fully saturated rings. The number of rotatable bonds is 6. The summed E-state index contributed by atoms with van der Waals surface area (Å²) in [5.74, 6) is 0.142. The Morgan fingerprint density at radius 3 is 2.27 bits per heavy atom. The zero-order chi connectivity index (χ0) is 22.1. The molecule has 3 atom stereocenters. The molecule has 30 heavy (non-hydrogen) atoms. The van der Waals surface area contributed by atoms with E-state index in [2.05, 4.69) is 0 Å². The molecule has 0 bridgehead atoms. The summed E-state index contributed by atoms with van der Waals surface area (Å²) < 4.78 is 44.7. The lowest BCUT2D eigenvalue weighted by molar-refractivity contribution is 0.0676. The van der Waals surface area contributed by atoms with Gasteiger partial charge in [0, 0.05) is 19.5 Å². The summed E-state index contributed by atoms with van der Waals surface area (Å²) in [6.07, 6.45) is 1.46. The smallest absolute Gasteiger partial charge is 0.329 e. The predicted octanol–water partition coefficient (Wildman–Crippen LogP) is 3.15. The third-order valence-corrected chi connectivity index (χ3v) is 9.19. The van der Waals surface area contributed by atoms with Crippen molar-refractivity contribution in [2.45, 2.75) is 62.1 Å². The average Bonchev–Trinajstić information content (AvgIpc) is 2.65. The van der Waals surface area contributed by atoms with Crippen LogP contribution in [0.15, 0.2) is 12.1 Å². The van der Waals surface area contributed by atoms with Gasteiger partial charge in [0.1, 0.15) is 11.4 Å². The first kappa shape index (κ1) is 24.3. The maximum Gasteiger partial charge on any atom is 0.329 e. The van der Waals surface area contributed by atoms with Crippen molar-refractivity contribution in [1.82, 2.24) is 4.31 Å². The van der Waals surface area contributed by atoms with Gasteiger partial charge in [-0.2, -0.15) is 0 Å². The molecule has 1 aromatic rings. The van der Waals surface area contributed by atoms with Crippen molar-refractivity contribution in [3.8, 4) is 5.75 Å². The van der Waals surface area contributed by atoms with Crippen molar-refractivity contribution in [3.63, 3.8) is 0 Å². The molecule has 2 aliphatic rings. The number of hydrogen-bond acceptors (Lipinski definition) is 5. The number of nitrogens with zero attached hydrogens (tertiary/aromatic N) is 1. The van der Waals surface area contributed by atoms with E-state index in [0.717, 1.165) is 19.3 Å². The molecule has 0 amide bonds. The molecule has 3 unspecified atom stereocenters. The molecule has 170 valence electrons. The highest BCUT2D eigenvalue weighted by Gasteiger charge is 2.42. The van der Waals surface area contributed by atoms with E-state index in [9.17, 15) is 18.1 Å². The topological polar surface area (TPSA) is 124 Å². The van der Waals surface area contributed by atoms with Crippen LogP contribution >= 0.6 is 30.8 Å². The molecule has 1 saturated carbocycles. The van der Waals surface area contributed by atoms with Crippen LogP contribution in [0.4, 0.5) is 0 Å². The highest BCUT2D eigenvalue weighted by Crippen LogP contribution is 2.43. The van der Waals surface area contributed by atoms with Gasteiger partial charge in [-0.3, -0.25) is 4.57 Å². The first-order chi connectivity index (χ1) is 14.0. The monoisotopic (exact) mass is 501 g/mol. The quantitative estimate of drug-likeness (QED) is 0.511. The lowest BCUT2D eigenvalue weighted by atomic mass is 9.94. The molecule has 1 aliphatic heterocycles. The zero-order valence-corrected chi connectivity index (χ0v) is 19.5. The largest absolute Gasteiger partial charge is 0.487 e. The lowest BCUT2D eigenvalue weighted by Gasteiger charge is -2.37. The van der Waals surface area contributed by atoms with E-state index < -0.39 is 41.2 Å². The van der Waals surface area contributed by atoms with Gasteiger partial charge < -0.3 is 19.6 Å². The molecule has 1 saturated heterocycles. The van der Waals surface area contributed by atoms with Crippen LogP contribution < -0.4 is 4.74 Å². The Labute approximate surface area is 186 Å². The third kappa shape index (κ3) is 5.90. The summed E-state index contributed by atoms with van der Waals surface area (Å²) in [7, 11) is -7.94. The van der Waals surface area contributed by atoms with E-state index in [1.165, 1.54) is 16.4 Å². The molecule has 1 aromatic carbocycles. The Bertz CT molecular complexity index is 894. The summed E-state index contributed by atoms with van der Waals surface area (Å²) in [5.41, 5.74) is 0.273. The van der Waals surface area contributed by atoms with E-state index >= 15 is 0 Å². The van der Waals surface area contributed by atoms with Gasteiger partial charge >= 0.3 is 7.60 Å². The van der Waals surface area contributed by atoms with Crippen molar-refractivity contribution >= 4 is 40.8 Å². The SMILES string of the molecule is O=P(O)(O)Cc1cc(Cl)c(OC2CCC(O)C(S(=O)(=O)N3CCCCC3)C2)c(Cl)c1. The third-order valence-electron chi connectivity index (χ3n) is 5.50. The first-order valence-corrected chi connectivity index (χ1v) is 13.9. The van der Waals surface area contributed by atoms with Crippen LogP contribution in [0.5, 0.6) is 5.75 Å². The fourth-order valence-electron chi connectivity index (χ4n) is 4.04. The van der Waals surface area contributed by atoms with Crippen LogP contribution in [-0.2, 0) is 20.8 Å². The second-order valence-electron chi connectivity index (χ2n) is 7.87. The minimum Gasteiger partial charge on any atom is -0.487 e. The number of piperidine rings is 1. The zero-order valence-electron chi connectivity index (χ0n) is 16.3. The lowest BCUT2D eigenvalue weighted by Crippen LogP contribution is -2.50. The van der Waals surface area contributed by atoms with E-state index in [1.807, 2.05) is 0 Å². The predicted molar refractivity (Wildman–Crippen MR) is 115 cm³/mol. The number of halogens is 2. The Morgan fingerprint density at radius 2 is 1.70 bits per heavy atom. The van der Waals surface area contributed by atoms with Gasteiger partial charge in [-0.15, -0.1) is 0 Å². The van der Waals surface area contributed by atoms with Crippen molar-refractivity contribution < 1.29 is 32.6 Å². The Morgan fingerprint density at radius 1 is 1.10 bits per heavy atom. The molecule has 8 nitrogen and oxygen atoms in total. The molecule has 12 heteroatoms. The fourth-order valence-corrected chi connectivity index (χ4v) is 7.46. The highest BCUT2D eigenvalue weighted by molar-refractivity contribution is 7.89. The summed E-state index contributed by atoms with van der Waals surface area (Å²) in [5, 5.41) is 9.61. The summed E-state index contributed by atoms with van der Waals surface area (Å²) in [6.45, 7) is 0.936. The van der Waals surface area contributed by atoms with Crippen LogP contribution in [0, 0.1) is 0 Å². The number of sulfonamides is 1. The molecule has 0 aromatic heterocycles. The molecular formula is C18H26Cl2NO7PS. The van der Waals surface area contributed by atoms with Gasteiger partial charge in [0.05, 0.1) is 22.3 Å². The van der Waals surface area contributed by atoms with E-state index in [0.29, 0.717) is 19.5 Å². The number of hydrogen-bond donors (Lipinski definition) is 3. The van der Waals surface area contributed by atoms with Crippen molar-refractivity contribution in [2.75, 3.05) is 13.1 Å². The molecular weight excluding hydrogens is 476 g/mol. The van der Waals surface area contributed by atoms with Crippen LogP contribution in [0.25, 0.3) is 0 Å². The maximum absolute atomic E-state index is 13.0. The highest BCUT2D eigenvalue weighted by atomic mass is 35.5. The number of benzene rings is 1. The van der Waals surface area contributed by atoms with Gasteiger partial charge in [0.25, 0.3) is 0 Å². The second-order valence-corrected chi connectivity index (χ2v) is 12.5. The van der Waals surface area contributed by atoms with Gasteiger partial charge in [-0.25, -0.2) is 12.7 Å². The van der Waals surface area contributed by atoms with Crippen LogP contribution in [0.2, 0.25) is 10.0 Å². The molecule has 0 spiro atoms. The van der Waals surface area contributed by atoms with Crippen molar-refractivity contribution in [2.24, 2.45) is 0 Å². The minimum absolute atomic E-state index is 0.0903. The average molecular weight is 502 g/mol. The maximum atomic E-state index is 13.0. The van der Waals surface area contributed by atoms with Crippen molar-refractivity contribution in [3.05, 3.63) is 27.7 Å². The van der Waals surface area contributed by atoms with Crippen molar-refractivity contribution in [1.29, 1.82) is 0 Å². The van der Waals surface area contributed by atoms with Crippen LogP contribution in [-0.4, -0.2) is 58.2 Å². The number of aliphatic hydroxyl groups excluding tert-OH is 1. The summed E-state index contributed by atoms with van der Waals surface area (Å²) >= 11 is 12.4. The molecule has 3 N–H and O–H groups in total. The normalized spacial score (nSPS) is 26.5. The van der Waals surface area contributed by atoms with E-state index in [1.54, 1.807) is 0 Å². The molecule has 0 radical (unpaired) electrons. The summed E-state index contributed by atoms with van der Waals surface area (Å²) in [6, 6.07) is 2.75. The van der Waals surface area contributed by atoms with E-state index in [4.69, 9.17) is 37.7 Å². The minimum atomic E-state index is -4.28. The van der Waals surface area contributed by atoms with Gasteiger partial charge in [0.15, 0.2) is 5.75 Å². The van der Waals surface area contributed by atoms with Gasteiger partial charge in [-0.1, -0.05) is 29.6 Å². The number of aliphatic hydroxyl groups is 1. The standard InChI is InChI=1S/C18H26Cl2NO7PS/c19-14-8-12(11-29(23,24)25)9-15(20)18(14)28-13-4-5-16(22)17(10-13)30(26,27)21-6-2-1-3-7-21/h8-9,13,16-17,22H,1-7,10-11H2,(H2,23,24,25). The number of ether oxygens (including phenoxy) is 1. The summed E-state index contributed by atoms with van der Waals surface area (Å²) in [4.78, 5) is 18.3. The molecule has 3 rings (SSSR count). The second kappa shape index (κ2) is 9.63. The first-order valence-electron chi connectivity index (χ1n) is 9.83. The Kier molecular flexibility index (Phi) is 7.79. The van der Waals surface area contributed by atoms with E-state index in [-0.39, 0.29) is 34.2 Å². The van der Waals surface area contributed by atoms with Crippen LogP contribution in [0.1, 0.15) is 44.1 Å². The van der Waals surface area contributed by atoms with Gasteiger partial charge in [-0.05, 0) is 43.4 Å². The van der Waals surface area contributed by atoms with Crippen LogP contribution in [0.3, 0.4) is 0 Å². The molecule has 1 aliphatic carbocycles. The van der Waals surface area contributed by atoms with Gasteiger partial charge in [0.2, 0.25) is 10.0 Å². The Hall–Kier alpha value is -0.380. The fraction of sp³-hybridized carbons (Fsp3) is 0.667.